The Morgan fingerprint density at radius 2 is 2.12 bits per heavy atom. The molecule has 0 spiro atoms. The first-order valence-corrected chi connectivity index (χ1v) is 5.46. The molecule has 2 rings (SSSR count). The lowest BCUT2D eigenvalue weighted by Crippen LogP contribution is -2.15. The number of aromatic carboxylic acids is 1. The normalized spacial score (nSPS) is 12.0. The van der Waals surface area contributed by atoms with Crippen LogP contribution in [0.3, 0.4) is 0 Å². The van der Waals surface area contributed by atoms with Crippen LogP contribution in [0.4, 0.5) is 0 Å². The molecule has 17 heavy (non-hydrogen) atoms. The molecule has 2 aromatic rings. The van der Waals surface area contributed by atoms with Gasteiger partial charge in [0.25, 0.3) is 0 Å². The van der Waals surface area contributed by atoms with Crippen molar-refractivity contribution < 1.29 is 9.90 Å². The van der Waals surface area contributed by atoms with Crippen LogP contribution in [0.5, 0.6) is 0 Å². The average molecular weight is 254 g/mol. The van der Waals surface area contributed by atoms with E-state index in [4.69, 9.17) is 16.7 Å². The minimum absolute atomic E-state index is 0.0537. The molecule has 0 fully saturated rings. The Kier molecular flexibility index (Phi) is 2.58. The van der Waals surface area contributed by atoms with Crippen LogP contribution in [0.15, 0.2) is 12.3 Å². The van der Waals surface area contributed by atoms with Crippen LogP contribution < -0.4 is 0 Å². The van der Waals surface area contributed by atoms with Gasteiger partial charge in [-0.3, -0.25) is 0 Å². The van der Waals surface area contributed by atoms with Crippen molar-refractivity contribution in [2.45, 2.75) is 26.2 Å². The number of fused-ring (bicyclic) bond motifs is 1. The van der Waals surface area contributed by atoms with Crippen molar-refractivity contribution in [3.63, 3.8) is 0 Å². The first-order chi connectivity index (χ1) is 7.80. The summed E-state index contributed by atoms with van der Waals surface area (Å²) >= 11 is 6.05. The molecule has 0 saturated carbocycles. The Morgan fingerprint density at radius 1 is 1.47 bits per heavy atom. The minimum atomic E-state index is -1.06. The maximum absolute atomic E-state index is 11.0. The summed E-state index contributed by atoms with van der Waals surface area (Å²) in [7, 11) is 0. The first kappa shape index (κ1) is 11.9. The van der Waals surface area contributed by atoms with E-state index in [-0.39, 0.29) is 16.6 Å². The maximum atomic E-state index is 11.0. The van der Waals surface area contributed by atoms with Crippen molar-refractivity contribution >= 4 is 23.2 Å². The fourth-order valence-electron chi connectivity index (χ4n) is 1.46. The van der Waals surface area contributed by atoms with E-state index < -0.39 is 5.97 Å². The smallest absolute Gasteiger partial charge is 0.341 e. The molecule has 0 aliphatic rings. The van der Waals surface area contributed by atoms with Gasteiger partial charge in [-0.05, 0) is 6.07 Å². The third kappa shape index (κ3) is 1.98. The zero-order valence-electron chi connectivity index (χ0n) is 9.73. The van der Waals surface area contributed by atoms with E-state index in [2.05, 4.69) is 10.1 Å². The largest absolute Gasteiger partial charge is 0.477 e. The summed E-state index contributed by atoms with van der Waals surface area (Å²) < 4.78 is 1.32. The van der Waals surface area contributed by atoms with E-state index in [9.17, 15) is 4.79 Å². The van der Waals surface area contributed by atoms with Crippen molar-refractivity contribution in [1.29, 1.82) is 0 Å². The van der Waals surface area contributed by atoms with E-state index in [1.807, 2.05) is 20.8 Å². The number of halogens is 1. The maximum Gasteiger partial charge on any atom is 0.341 e. The Morgan fingerprint density at radius 3 is 2.65 bits per heavy atom. The molecule has 0 radical (unpaired) electrons. The first-order valence-electron chi connectivity index (χ1n) is 5.09. The van der Waals surface area contributed by atoms with Crippen LogP contribution in [0, 0.1) is 0 Å². The molecular weight excluding hydrogens is 242 g/mol. The van der Waals surface area contributed by atoms with E-state index in [0.29, 0.717) is 5.15 Å². The Labute approximate surface area is 103 Å². The number of nitrogens with zero attached hydrogens (tertiary/aromatic N) is 3. The topological polar surface area (TPSA) is 67.5 Å². The highest BCUT2D eigenvalue weighted by Crippen LogP contribution is 2.25. The molecule has 0 amide bonds. The summed E-state index contributed by atoms with van der Waals surface area (Å²) in [6, 6.07) is 1.70. The molecule has 6 heteroatoms. The number of carboxylic acids is 1. The molecule has 0 saturated heterocycles. The Bertz CT molecular complexity index is 599. The third-order valence-corrected chi connectivity index (χ3v) is 2.70. The van der Waals surface area contributed by atoms with Crippen molar-refractivity contribution in [1.82, 2.24) is 14.6 Å². The predicted octanol–water partition coefficient (Wildman–Crippen LogP) is 2.38. The second-order valence-electron chi connectivity index (χ2n) is 4.81. The molecule has 0 bridgehead atoms. The number of carbonyl (C=O) groups is 1. The molecule has 2 heterocycles. The zero-order valence-corrected chi connectivity index (χ0v) is 10.5. The molecule has 0 aliphatic carbocycles. The summed E-state index contributed by atoms with van der Waals surface area (Å²) in [6.45, 7) is 5.96. The molecule has 5 nitrogen and oxygen atoms in total. The fourth-order valence-corrected chi connectivity index (χ4v) is 1.69. The van der Waals surface area contributed by atoms with E-state index in [1.165, 1.54) is 10.7 Å². The van der Waals surface area contributed by atoms with Gasteiger partial charge in [0.1, 0.15) is 10.7 Å². The lowest BCUT2D eigenvalue weighted by Gasteiger charge is -2.18. The van der Waals surface area contributed by atoms with E-state index in [1.54, 1.807) is 6.07 Å². The Balaban J connectivity index is 2.78. The van der Waals surface area contributed by atoms with Crippen molar-refractivity contribution in [3.8, 4) is 0 Å². The fraction of sp³-hybridized carbons (Fsp3) is 0.364. The minimum Gasteiger partial charge on any atom is -0.477 e. The second kappa shape index (κ2) is 3.70. The molecule has 0 unspecified atom stereocenters. The molecule has 0 aliphatic heterocycles. The van der Waals surface area contributed by atoms with Crippen LogP contribution >= 0.6 is 11.6 Å². The van der Waals surface area contributed by atoms with Crippen molar-refractivity contribution in [3.05, 3.63) is 28.7 Å². The van der Waals surface area contributed by atoms with Crippen molar-refractivity contribution in [2.24, 2.45) is 0 Å². The molecule has 1 N–H and O–H groups in total. The van der Waals surface area contributed by atoms with Crippen LogP contribution in [0.25, 0.3) is 5.65 Å². The van der Waals surface area contributed by atoms with Gasteiger partial charge in [-0.15, -0.1) is 0 Å². The second-order valence-corrected chi connectivity index (χ2v) is 5.20. The van der Waals surface area contributed by atoms with Gasteiger partial charge >= 0.3 is 5.97 Å². The van der Waals surface area contributed by atoms with E-state index >= 15 is 0 Å². The highest BCUT2D eigenvalue weighted by molar-refractivity contribution is 6.29. The van der Waals surface area contributed by atoms with Gasteiger partial charge in [0.05, 0.1) is 11.9 Å². The molecular formula is C11H12ClN3O2. The average Bonchev–Trinajstić information content (AvgIpc) is 2.60. The quantitative estimate of drug-likeness (QED) is 0.793. The standard InChI is InChI=1S/C11H12ClN3O2/c1-11(2,3)7-4-8(12)15-9(14-7)6(5-13-15)10(16)17/h4-5H,1-3H3,(H,16,17). The zero-order chi connectivity index (χ0) is 12.8. The van der Waals surface area contributed by atoms with Gasteiger partial charge < -0.3 is 5.11 Å². The number of hydrogen-bond acceptors (Lipinski definition) is 3. The van der Waals surface area contributed by atoms with Crippen LogP contribution in [-0.2, 0) is 5.41 Å². The van der Waals surface area contributed by atoms with Gasteiger partial charge in [0.15, 0.2) is 5.65 Å². The highest BCUT2D eigenvalue weighted by Gasteiger charge is 2.21. The van der Waals surface area contributed by atoms with Gasteiger partial charge in [-0.1, -0.05) is 32.4 Å². The number of carboxylic acid groups (broad SMARTS) is 1. The Hall–Kier alpha value is -1.62. The molecule has 2 aromatic heterocycles. The van der Waals surface area contributed by atoms with Crippen molar-refractivity contribution in [2.75, 3.05) is 0 Å². The summed E-state index contributed by atoms with van der Waals surface area (Å²) in [5.41, 5.74) is 0.858. The van der Waals surface area contributed by atoms with Crippen LogP contribution in [0.2, 0.25) is 5.15 Å². The third-order valence-electron chi connectivity index (χ3n) is 2.43. The lowest BCUT2D eigenvalue weighted by atomic mass is 9.92. The SMILES string of the molecule is CC(C)(C)c1cc(Cl)n2ncc(C(=O)O)c2n1. The summed E-state index contributed by atoms with van der Waals surface area (Å²) in [5, 5.41) is 13.3. The predicted molar refractivity (Wildman–Crippen MR) is 63.7 cm³/mol. The summed E-state index contributed by atoms with van der Waals surface area (Å²) in [4.78, 5) is 15.3. The van der Waals surface area contributed by atoms with Gasteiger partial charge in [0, 0.05) is 5.41 Å². The summed E-state index contributed by atoms with van der Waals surface area (Å²) in [6.07, 6.45) is 1.25. The van der Waals surface area contributed by atoms with E-state index in [0.717, 1.165) is 5.69 Å². The molecule has 0 aromatic carbocycles. The molecule has 90 valence electrons. The van der Waals surface area contributed by atoms with Gasteiger partial charge in [-0.25, -0.2) is 14.3 Å². The monoisotopic (exact) mass is 253 g/mol. The number of rotatable bonds is 1. The van der Waals surface area contributed by atoms with Gasteiger partial charge in [-0.2, -0.15) is 5.10 Å². The lowest BCUT2D eigenvalue weighted by molar-refractivity contribution is 0.0698. The highest BCUT2D eigenvalue weighted by atomic mass is 35.5. The number of hydrogen-bond donors (Lipinski definition) is 1. The van der Waals surface area contributed by atoms with Gasteiger partial charge in [0.2, 0.25) is 0 Å². The van der Waals surface area contributed by atoms with Crippen LogP contribution in [-0.4, -0.2) is 25.7 Å². The summed E-state index contributed by atoms with van der Waals surface area (Å²) in [5.74, 6) is -1.06. The number of aromatic nitrogens is 3. The van der Waals surface area contributed by atoms with Crippen LogP contribution in [0.1, 0.15) is 36.8 Å². The molecule has 0 atom stereocenters.